The highest BCUT2D eigenvalue weighted by Crippen LogP contribution is 1.97. The Morgan fingerprint density at radius 3 is 2.00 bits per heavy atom. The Morgan fingerprint density at radius 1 is 0.957 bits per heavy atom. The van der Waals surface area contributed by atoms with Gasteiger partial charge in [-0.3, -0.25) is 24.0 Å². The van der Waals surface area contributed by atoms with Crippen molar-refractivity contribution in [1.29, 1.82) is 0 Å². The number of carboxylic acids is 2. The van der Waals surface area contributed by atoms with Crippen LogP contribution in [0.15, 0.2) is 0 Å². The molecular formula is C11H18N4O7S. The summed E-state index contributed by atoms with van der Waals surface area (Å²) < 4.78 is 0. The SMILES string of the molecule is NCC(=O)NC(CS)C(=O)NC(CC(=O)O)C(=O)NCC(=O)O. The molecular weight excluding hydrogens is 332 g/mol. The maximum absolute atomic E-state index is 12.0. The van der Waals surface area contributed by atoms with E-state index in [1.807, 2.05) is 5.32 Å². The average Bonchev–Trinajstić information content (AvgIpc) is 2.48. The summed E-state index contributed by atoms with van der Waals surface area (Å²) in [5.41, 5.74) is 5.09. The van der Waals surface area contributed by atoms with Gasteiger partial charge in [0.05, 0.1) is 13.0 Å². The molecule has 0 aromatic heterocycles. The molecule has 12 heteroatoms. The van der Waals surface area contributed by atoms with Gasteiger partial charge < -0.3 is 31.9 Å². The number of hydrogen-bond acceptors (Lipinski definition) is 7. The molecule has 130 valence electrons. The smallest absolute Gasteiger partial charge is 0.322 e. The fourth-order valence-electron chi connectivity index (χ4n) is 1.39. The van der Waals surface area contributed by atoms with E-state index in [1.165, 1.54) is 0 Å². The third-order valence-corrected chi connectivity index (χ3v) is 2.81. The molecule has 0 aliphatic rings. The maximum Gasteiger partial charge on any atom is 0.322 e. The Morgan fingerprint density at radius 2 is 1.57 bits per heavy atom. The topological polar surface area (TPSA) is 188 Å². The van der Waals surface area contributed by atoms with Crippen molar-refractivity contribution in [3.63, 3.8) is 0 Å². The number of nitrogens with two attached hydrogens (primary N) is 1. The van der Waals surface area contributed by atoms with Crippen LogP contribution in [0.3, 0.4) is 0 Å². The van der Waals surface area contributed by atoms with Crippen molar-refractivity contribution >= 4 is 42.3 Å². The first-order valence-electron chi connectivity index (χ1n) is 6.33. The van der Waals surface area contributed by atoms with Crippen molar-refractivity contribution in [3.05, 3.63) is 0 Å². The minimum atomic E-state index is -1.50. The van der Waals surface area contributed by atoms with Crippen LogP contribution >= 0.6 is 12.6 Å². The number of aliphatic carboxylic acids is 2. The van der Waals surface area contributed by atoms with E-state index in [4.69, 9.17) is 15.9 Å². The van der Waals surface area contributed by atoms with Gasteiger partial charge in [0.1, 0.15) is 18.6 Å². The molecule has 2 atom stereocenters. The fraction of sp³-hybridized carbons (Fsp3) is 0.545. The summed E-state index contributed by atoms with van der Waals surface area (Å²) in [5, 5.41) is 23.5. The summed E-state index contributed by atoms with van der Waals surface area (Å²) in [6, 6.07) is -2.63. The molecule has 0 bridgehead atoms. The van der Waals surface area contributed by atoms with Crippen molar-refractivity contribution in [1.82, 2.24) is 16.0 Å². The van der Waals surface area contributed by atoms with Crippen molar-refractivity contribution in [3.8, 4) is 0 Å². The predicted octanol–water partition coefficient (Wildman–Crippen LogP) is -3.48. The largest absolute Gasteiger partial charge is 0.481 e. The first-order valence-corrected chi connectivity index (χ1v) is 6.96. The standard InChI is InChI=1S/C11H18N4O7S/c12-2-7(16)14-6(4-23)11(22)15-5(1-8(17)18)10(21)13-3-9(19)20/h5-6,23H,1-4,12H2,(H,13,21)(H,14,16)(H,15,22)(H,17,18)(H,19,20). The minimum absolute atomic E-state index is 0.117. The Hall–Kier alpha value is -2.34. The van der Waals surface area contributed by atoms with Crippen molar-refractivity contribution in [2.75, 3.05) is 18.8 Å². The van der Waals surface area contributed by atoms with Crippen LogP contribution in [0, 0.1) is 0 Å². The Bertz CT molecular complexity index is 485. The second-order valence-corrected chi connectivity index (χ2v) is 4.64. The van der Waals surface area contributed by atoms with Gasteiger partial charge in [-0.25, -0.2) is 0 Å². The quantitative estimate of drug-likeness (QED) is 0.198. The molecule has 11 nitrogen and oxygen atoms in total. The number of thiol groups is 1. The zero-order valence-corrected chi connectivity index (χ0v) is 12.8. The maximum atomic E-state index is 12.0. The number of carbonyl (C=O) groups is 5. The highest BCUT2D eigenvalue weighted by molar-refractivity contribution is 7.80. The molecule has 0 aliphatic carbocycles. The number of carboxylic acid groups (broad SMARTS) is 2. The van der Waals surface area contributed by atoms with E-state index < -0.39 is 54.7 Å². The van der Waals surface area contributed by atoms with Crippen LogP contribution in [-0.4, -0.2) is 70.8 Å². The van der Waals surface area contributed by atoms with Gasteiger partial charge in [0, 0.05) is 5.75 Å². The summed E-state index contributed by atoms with van der Waals surface area (Å²) in [7, 11) is 0. The van der Waals surface area contributed by atoms with Crippen LogP contribution in [0.5, 0.6) is 0 Å². The van der Waals surface area contributed by atoms with Gasteiger partial charge in [0.2, 0.25) is 17.7 Å². The molecule has 0 heterocycles. The Kier molecular flexibility index (Phi) is 9.34. The third kappa shape index (κ3) is 8.63. The number of nitrogens with one attached hydrogen (secondary N) is 3. The van der Waals surface area contributed by atoms with Crippen LogP contribution < -0.4 is 21.7 Å². The lowest BCUT2D eigenvalue weighted by Crippen LogP contribution is -2.55. The Labute approximate surface area is 136 Å². The van der Waals surface area contributed by atoms with Crippen LogP contribution in [-0.2, 0) is 24.0 Å². The van der Waals surface area contributed by atoms with Gasteiger partial charge in [-0.05, 0) is 0 Å². The molecule has 0 fully saturated rings. The zero-order valence-electron chi connectivity index (χ0n) is 11.9. The van der Waals surface area contributed by atoms with E-state index in [0.717, 1.165) is 0 Å². The lowest BCUT2D eigenvalue weighted by Gasteiger charge is -2.20. The summed E-state index contributed by atoms with van der Waals surface area (Å²) in [5.74, 6) is -5.29. The van der Waals surface area contributed by atoms with E-state index >= 15 is 0 Å². The van der Waals surface area contributed by atoms with Crippen LogP contribution in [0.4, 0.5) is 0 Å². The zero-order chi connectivity index (χ0) is 18.0. The molecule has 0 saturated carbocycles. The first kappa shape index (κ1) is 20.7. The molecule has 0 radical (unpaired) electrons. The van der Waals surface area contributed by atoms with E-state index in [-0.39, 0.29) is 12.3 Å². The van der Waals surface area contributed by atoms with E-state index in [1.54, 1.807) is 0 Å². The number of rotatable bonds is 10. The second kappa shape index (κ2) is 10.4. The van der Waals surface area contributed by atoms with Gasteiger partial charge in [0.15, 0.2) is 0 Å². The first-order chi connectivity index (χ1) is 10.7. The number of amides is 3. The lowest BCUT2D eigenvalue weighted by molar-refractivity contribution is -0.141. The van der Waals surface area contributed by atoms with E-state index in [9.17, 15) is 24.0 Å². The molecule has 23 heavy (non-hydrogen) atoms. The van der Waals surface area contributed by atoms with Crippen molar-refractivity contribution in [2.45, 2.75) is 18.5 Å². The minimum Gasteiger partial charge on any atom is -0.481 e. The van der Waals surface area contributed by atoms with E-state index in [0.29, 0.717) is 0 Å². The van der Waals surface area contributed by atoms with Crippen molar-refractivity contribution in [2.24, 2.45) is 5.73 Å². The van der Waals surface area contributed by atoms with Gasteiger partial charge >= 0.3 is 11.9 Å². The van der Waals surface area contributed by atoms with Crippen molar-refractivity contribution < 1.29 is 34.2 Å². The van der Waals surface area contributed by atoms with Gasteiger partial charge in [-0.15, -0.1) is 0 Å². The second-order valence-electron chi connectivity index (χ2n) is 4.28. The summed E-state index contributed by atoms with van der Waals surface area (Å²) >= 11 is 3.87. The highest BCUT2D eigenvalue weighted by atomic mass is 32.1. The number of carbonyl (C=O) groups excluding carboxylic acids is 3. The molecule has 0 aromatic carbocycles. The normalized spacial score (nSPS) is 12.6. The third-order valence-electron chi connectivity index (χ3n) is 2.45. The fourth-order valence-corrected chi connectivity index (χ4v) is 1.65. The number of hydrogen-bond donors (Lipinski definition) is 7. The molecule has 0 aromatic rings. The molecule has 0 spiro atoms. The summed E-state index contributed by atoms with van der Waals surface area (Å²) in [6.45, 7) is -1.10. The van der Waals surface area contributed by atoms with Crippen LogP contribution in [0.1, 0.15) is 6.42 Å². The molecule has 2 unspecified atom stereocenters. The molecule has 0 saturated heterocycles. The summed E-state index contributed by atoms with van der Waals surface area (Å²) in [4.78, 5) is 56.0. The molecule has 0 rings (SSSR count). The Balaban J connectivity index is 4.87. The average molecular weight is 350 g/mol. The van der Waals surface area contributed by atoms with Gasteiger partial charge in [-0.2, -0.15) is 12.6 Å². The molecule has 7 N–H and O–H groups in total. The van der Waals surface area contributed by atoms with Crippen LogP contribution in [0.25, 0.3) is 0 Å². The molecule has 0 aliphatic heterocycles. The van der Waals surface area contributed by atoms with E-state index in [2.05, 4.69) is 23.3 Å². The predicted molar refractivity (Wildman–Crippen MR) is 79.7 cm³/mol. The summed E-state index contributed by atoms with van der Waals surface area (Å²) in [6.07, 6.45) is -0.763. The van der Waals surface area contributed by atoms with Crippen LogP contribution in [0.2, 0.25) is 0 Å². The van der Waals surface area contributed by atoms with Gasteiger partial charge in [-0.1, -0.05) is 0 Å². The van der Waals surface area contributed by atoms with Gasteiger partial charge in [0.25, 0.3) is 0 Å². The lowest BCUT2D eigenvalue weighted by atomic mass is 10.1. The molecule has 3 amide bonds. The highest BCUT2D eigenvalue weighted by Gasteiger charge is 2.27. The monoisotopic (exact) mass is 350 g/mol.